The highest BCUT2D eigenvalue weighted by Crippen LogP contribution is 2.39. The average molecular weight is 348 g/mol. The topological polar surface area (TPSA) is 93.3 Å². The summed E-state index contributed by atoms with van der Waals surface area (Å²) in [6.45, 7) is 0.331. The molecular weight excluding hydrogens is 328 g/mol. The van der Waals surface area contributed by atoms with Gasteiger partial charge in [-0.1, -0.05) is 30.3 Å². The summed E-state index contributed by atoms with van der Waals surface area (Å²) in [5.41, 5.74) is 3.14. The van der Waals surface area contributed by atoms with E-state index in [-0.39, 0.29) is 17.1 Å². The van der Waals surface area contributed by atoms with E-state index in [1.807, 2.05) is 36.4 Å². The van der Waals surface area contributed by atoms with Gasteiger partial charge in [-0.25, -0.2) is 0 Å². The highest BCUT2D eigenvalue weighted by Gasteiger charge is 2.20. The van der Waals surface area contributed by atoms with Crippen LogP contribution in [0.2, 0.25) is 0 Å². The van der Waals surface area contributed by atoms with Crippen LogP contribution in [0.25, 0.3) is 6.08 Å². The summed E-state index contributed by atoms with van der Waals surface area (Å²) < 4.78 is 0. The number of carbonyl (C=O) groups is 1. The lowest BCUT2D eigenvalue weighted by Crippen LogP contribution is -2.24. The summed E-state index contributed by atoms with van der Waals surface area (Å²) in [4.78, 5) is 12.4. The molecule has 0 saturated heterocycles. The number of carbonyl (C=O) groups excluding carboxylic acids is 1. The number of benzene rings is 2. The van der Waals surface area contributed by atoms with Crippen LogP contribution in [0.15, 0.2) is 42.0 Å². The van der Waals surface area contributed by atoms with E-state index in [9.17, 15) is 20.3 Å². The van der Waals surface area contributed by atoms with Crippen molar-refractivity contribution in [1.82, 2.24) is 5.32 Å². The maximum absolute atomic E-state index is 12.4. The van der Waals surface area contributed by atoms with E-state index in [0.717, 1.165) is 30.4 Å². The van der Waals surface area contributed by atoms with Gasteiger partial charge in [-0.05, 0) is 54.5 Å². The molecule has 0 radical (unpaired) electrons. The first-order valence-corrected chi connectivity index (χ1v) is 8.60. The lowest BCUT2D eigenvalue weighted by Gasteiger charge is -2.20. The molecule has 0 spiro atoms. The Kier molecular flexibility index (Phi) is 5.23. The van der Waals surface area contributed by atoms with E-state index in [0.29, 0.717) is 24.1 Å². The molecule has 3 rings (SSSR count). The first kappa shape index (κ1) is 17.6. The minimum absolute atomic E-state index is 0.0289. The van der Waals surface area contributed by atoms with Crippen LogP contribution in [0.4, 0.5) is 0 Å². The van der Waals surface area contributed by atoms with Crippen LogP contribution in [0.1, 0.15) is 35.1 Å². The molecule has 5 nitrogen and oxygen atoms in total. The SMILES string of the molecule is N#C/C(=C\c1cc(O)c(O)c2c1CCCC2)C(=O)NCc1ccccc1. The lowest BCUT2D eigenvalue weighted by molar-refractivity contribution is -0.117. The van der Waals surface area contributed by atoms with Gasteiger partial charge in [-0.3, -0.25) is 4.79 Å². The predicted octanol–water partition coefficient (Wildman–Crippen LogP) is 3.20. The third-order valence-corrected chi connectivity index (χ3v) is 4.60. The Morgan fingerprint density at radius 3 is 2.54 bits per heavy atom. The fraction of sp³-hybridized carbons (Fsp3) is 0.238. The number of nitrogens with zero attached hydrogens (tertiary/aromatic N) is 1. The van der Waals surface area contributed by atoms with Crippen molar-refractivity contribution in [2.45, 2.75) is 32.2 Å². The van der Waals surface area contributed by atoms with Crippen molar-refractivity contribution >= 4 is 12.0 Å². The predicted molar refractivity (Wildman–Crippen MR) is 98.3 cm³/mol. The Labute approximate surface area is 152 Å². The minimum atomic E-state index is -0.464. The van der Waals surface area contributed by atoms with E-state index in [2.05, 4.69) is 5.32 Å². The van der Waals surface area contributed by atoms with Crippen molar-refractivity contribution in [3.63, 3.8) is 0 Å². The number of phenols is 2. The molecule has 0 heterocycles. The molecule has 1 amide bonds. The number of nitriles is 1. The minimum Gasteiger partial charge on any atom is -0.504 e. The molecule has 26 heavy (non-hydrogen) atoms. The normalized spacial score (nSPS) is 13.6. The molecule has 0 bridgehead atoms. The lowest BCUT2D eigenvalue weighted by atomic mass is 9.86. The van der Waals surface area contributed by atoms with Gasteiger partial charge >= 0.3 is 0 Å². The largest absolute Gasteiger partial charge is 0.504 e. The third-order valence-electron chi connectivity index (χ3n) is 4.60. The number of fused-ring (bicyclic) bond motifs is 1. The fourth-order valence-electron chi connectivity index (χ4n) is 3.25. The molecule has 0 aliphatic heterocycles. The molecule has 2 aromatic rings. The summed E-state index contributed by atoms with van der Waals surface area (Å²) in [7, 11) is 0. The Balaban J connectivity index is 1.86. The van der Waals surface area contributed by atoms with E-state index >= 15 is 0 Å². The van der Waals surface area contributed by atoms with Gasteiger partial charge in [0.2, 0.25) is 0 Å². The summed E-state index contributed by atoms with van der Waals surface area (Å²) in [6, 6.07) is 12.8. The van der Waals surface area contributed by atoms with E-state index < -0.39 is 5.91 Å². The average Bonchev–Trinajstić information content (AvgIpc) is 2.68. The molecule has 5 heteroatoms. The van der Waals surface area contributed by atoms with Crippen LogP contribution in [-0.2, 0) is 24.2 Å². The second kappa shape index (κ2) is 7.75. The Hall–Kier alpha value is -3.26. The van der Waals surface area contributed by atoms with Crippen molar-refractivity contribution in [2.24, 2.45) is 0 Å². The molecule has 0 saturated carbocycles. The van der Waals surface area contributed by atoms with Crippen LogP contribution in [0.3, 0.4) is 0 Å². The van der Waals surface area contributed by atoms with Crippen LogP contribution < -0.4 is 5.32 Å². The molecule has 1 aliphatic rings. The zero-order valence-corrected chi connectivity index (χ0v) is 14.3. The number of amides is 1. The van der Waals surface area contributed by atoms with Crippen LogP contribution in [-0.4, -0.2) is 16.1 Å². The number of hydrogen-bond acceptors (Lipinski definition) is 4. The van der Waals surface area contributed by atoms with E-state index in [1.165, 1.54) is 12.1 Å². The van der Waals surface area contributed by atoms with Crippen molar-refractivity contribution < 1.29 is 15.0 Å². The maximum atomic E-state index is 12.4. The van der Waals surface area contributed by atoms with Crippen LogP contribution in [0, 0.1) is 11.3 Å². The highest BCUT2D eigenvalue weighted by molar-refractivity contribution is 6.02. The quantitative estimate of drug-likeness (QED) is 0.449. The maximum Gasteiger partial charge on any atom is 0.262 e. The second-order valence-corrected chi connectivity index (χ2v) is 6.34. The van der Waals surface area contributed by atoms with Crippen molar-refractivity contribution in [1.29, 1.82) is 5.26 Å². The number of aromatic hydroxyl groups is 2. The Morgan fingerprint density at radius 2 is 1.85 bits per heavy atom. The van der Waals surface area contributed by atoms with Gasteiger partial charge in [0.1, 0.15) is 11.6 Å². The van der Waals surface area contributed by atoms with Gasteiger partial charge in [0, 0.05) is 12.1 Å². The van der Waals surface area contributed by atoms with E-state index in [4.69, 9.17) is 0 Å². The number of rotatable bonds is 4. The van der Waals surface area contributed by atoms with E-state index in [1.54, 1.807) is 0 Å². The molecule has 3 N–H and O–H groups in total. The molecular formula is C21H20N2O3. The zero-order valence-electron chi connectivity index (χ0n) is 14.3. The molecule has 2 aromatic carbocycles. The van der Waals surface area contributed by atoms with Gasteiger partial charge in [-0.15, -0.1) is 0 Å². The van der Waals surface area contributed by atoms with Crippen molar-refractivity contribution in [2.75, 3.05) is 0 Å². The zero-order chi connectivity index (χ0) is 18.5. The van der Waals surface area contributed by atoms with Crippen molar-refractivity contribution in [3.8, 4) is 17.6 Å². The smallest absolute Gasteiger partial charge is 0.262 e. The third kappa shape index (κ3) is 3.70. The van der Waals surface area contributed by atoms with Gasteiger partial charge in [-0.2, -0.15) is 5.26 Å². The first-order valence-electron chi connectivity index (χ1n) is 8.60. The summed E-state index contributed by atoms with van der Waals surface area (Å²) >= 11 is 0. The molecule has 1 aliphatic carbocycles. The first-order chi connectivity index (χ1) is 12.6. The van der Waals surface area contributed by atoms with Crippen LogP contribution in [0.5, 0.6) is 11.5 Å². The fourth-order valence-corrected chi connectivity index (χ4v) is 3.25. The number of nitrogens with one attached hydrogen (secondary N) is 1. The highest BCUT2D eigenvalue weighted by atomic mass is 16.3. The molecule has 0 fully saturated rings. The summed E-state index contributed by atoms with van der Waals surface area (Å²) in [6.07, 6.45) is 4.83. The molecule has 132 valence electrons. The molecule has 0 aromatic heterocycles. The second-order valence-electron chi connectivity index (χ2n) is 6.34. The van der Waals surface area contributed by atoms with Gasteiger partial charge < -0.3 is 15.5 Å². The summed E-state index contributed by atoms with van der Waals surface area (Å²) in [5.74, 6) is -0.781. The Morgan fingerprint density at radius 1 is 1.15 bits per heavy atom. The monoisotopic (exact) mass is 348 g/mol. The van der Waals surface area contributed by atoms with Gasteiger partial charge in [0.15, 0.2) is 11.5 Å². The molecule has 0 atom stereocenters. The van der Waals surface area contributed by atoms with Crippen molar-refractivity contribution in [3.05, 3.63) is 64.2 Å². The van der Waals surface area contributed by atoms with Gasteiger partial charge in [0.25, 0.3) is 5.91 Å². The summed E-state index contributed by atoms with van der Waals surface area (Å²) in [5, 5.41) is 32.2. The molecule has 0 unspecified atom stereocenters. The van der Waals surface area contributed by atoms with Gasteiger partial charge in [0.05, 0.1) is 0 Å². The Bertz CT molecular complexity index is 896. The number of phenolic OH excluding ortho intramolecular Hbond substituents is 2. The number of hydrogen-bond donors (Lipinski definition) is 3. The standard InChI is InChI=1S/C21H20N2O3/c22-12-16(21(26)23-13-14-6-2-1-3-7-14)10-15-11-19(24)20(25)18-9-5-4-8-17(15)18/h1-3,6-7,10-11,24-25H,4-5,8-9,13H2,(H,23,26)/b16-10+. The van der Waals surface area contributed by atoms with Crippen LogP contribution >= 0.6 is 0 Å².